The summed E-state index contributed by atoms with van der Waals surface area (Å²) in [6, 6.07) is 8.34. The van der Waals surface area contributed by atoms with Gasteiger partial charge in [0, 0.05) is 15.8 Å². The molecule has 3 aromatic rings. The molecule has 0 spiro atoms. The highest BCUT2D eigenvalue weighted by molar-refractivity contribution is 7.91. The van der Waals surface area contributed by atoms with Crippen LogP contribution in [0.5, 0.6) is 5.75 Å². The third-order valence-electron chi connectivity index (χ3n) is 3.69. The van der Waals surface area contributed by atoms with E-state index in [2.05, 4.69) is 5.32 Å². The topological polar surface area (TPSA) is 112 Å². The summed E-state index contributed by atoms with van der Waals surface area (Å²) >= 11 is 1.02. The third kappa shape index (κ3) is 3.53. The number of thiophene rings is 1. The number of hydrogen-bond donors (Lipinski definition) is 2. The lowest BCUT2D eigenvalue weighted by molar-refractivity contribution is 0.0925. The van der Waals surface area contributed by atoms with E-state index in [4.69, 9.17) is 14.3 Å². The van der Waals surface area contributed by atoms with Gasteiger partial charge in [0.1, 0.15) is 15.5 Å². The summed E-state index contributed by atoms with van der Waals surface area (Å²) < 4.78 is 33.4. The van der Waals surface area contributed by atoms with E-state index < -0.39 is 10.0 Å². The SMILES string of the molecule is COc1ccc2oc(C(=O)NCc3ccc(S(N)(=O)=O)s3)c(C)c2c1. The molecule has 132 valence electrons. The molecule has 9 heteroatoms. The summed E-state index contributed by atoms with van der Waals surface area (Å²) in [7, 11) is -2.16. The second kappa shape index (κ2) is 6.51. The van der Waals surface area contributed by atoms with E-state index in [0.29, 0.717) is 21.8 Å². The first-order chi connectivity index (χ1) is 11.8. The molecule has 0 saturated heterocycles. The molecule has 0 aliphatic rings. The van der Waals surface area contributed by atoms with Gasteiger partial charge in [-0.1, -0.05) is 0 Å². The van der Waals surface area contributed by atoms with E-state index in [1.165, 1.54) is 6.07 Å². The molecular weight excluding hydrogens is 364 g/mol. The predicted molar refractivity (Wildman–Crippen MR) is 94.4 cm³/mol. The van der Waals surface area contributed by atoms with Gasteiger partial charge < -0.3 is 14.5 Å². The molecule has 0 radical (unpaired) electrons. The van der Waals surface area contributed by atoms with Crippen molar-refractivity contribution in [3.05, 3.63) is 46.5 Å². The highest BCUT2D eigenvalue weighted by Gasteiger charge is 2.18. The molecule has 0 aliphatic heterocycles. The average molecular weight is 380 g/mol. The Bertz CT molecular complexity index is 1050. The maximum atomic E-state index is 12.4. The first-order valence-corrected chi connectivity index (χ1v) is 9.62. The first kappa shape index (κ1) is 17.5. The van der Waals surface area contributed by atoms with Gasteiger partial charge in [-0.2, -0.15) is 0 Å². The van der Waals surface area contributed by atoms with Gasteiger partial charge in [-0.3, -0.25) is 4.79 Å². The maximum Gasteiger partial charge on any atom is 0.287 e. The van der Waals surface area contributed by atoms with Crippen LogP contribution in [0.15, 0.2) is 39.0 Å². The Morgan fingerprint density at radius 3 is 2.72 bits per heavy atom. The van der Waals surface area contributed by atoms with Gasteiger partial charge in [-0.25, -0.2) is 13.6 Å². The van der Waals surface area contributed by atoms with Crippen molar-refractivity contribution >= 4 is 38.2 Å². The van der Waals surface area contributed by atoms with Gasteiger partial charge in [0.25, 0.3) is 5.91 Å². The van der Waals surface area contributed by atoms with Crippen molar-refractivity contribution in [2.45, 2.75) is 17.7 Å². The van der Waals surface area contributed by atoms with Crippen molar-refractivity contribution in [3.8, 4) is 5.75 Å². The van der Waals surface area contributed by atoms with Crippen molar-refractivity contribution in [3.63, 3.8) is 0 Å². The third-order valence-corrected chi connectivity index (χ3v) is 6.21. The molecular formula is C16H16N2O5S2. The predicted octanol–water partition coefficient (Wildman–Crippen LogP) is 2.39. The molecule has 0 atom stereocenters. The number of nitrogens with two attached hydrogens (primary N) is 1. The molecule has 3 N–H and O–H groups in total. The molecule has 25 heavy (non-hydrogen) atoms. The summed E-state index contributed by atoms with van der Waals surface area (Å²) in [6.07, 6.45) is 0. The van der Waals surface area contributed by atoms with Gasteiger partial charge in [-0.15, -0.1) is 11.3 Å². The Morgan fingerprint density at radius 2 is 2.08 bits per heavy atom. The van der Waals surface area contributed by atoms with Crippen molar-refractivity contribution < 1.29 is 22.4 Å². The Labute approximate surface area is 148 Å². The Balaban J connectivity index is 1.78. The number of ether oxygens (including phenoxy) is 1. The van der Waals surface area contributed by atoms with Crippen LogP contribution in [0.3, 0.4) is 0 Å². The average Bonchev–Trinajstić information content (AvgIpc) is 3.17. The molecule has 0 saturated carbocycles. The zero-order valence-electron chi connectivity index (χ0n) is 13.5. The molecule has 7 nitrogen and oxygen atoms in total. The molecule has 0 aliphatic carbocycles. The van der Waals surface area contributed by atoms with Crippen LogP contribution in [0.1, 0.15) is 21.0 Å². The zero-order chi connectivity index (χ0) is 18.2. The van der Waals surface area contributed by atoms with E-state index in [-0.39, 0.29) is 22.4 Å². The van der Waals surface area contributed by atoms with Crippen LogP contribution in [0.2, 0.25) is 0 Å². The molecule has 1 amide bonds. The molecule has 0 fully saturated rings. The summed E-state index contributed by atoms with van der Waals surface area (Å²) in [5.41, 5.74) is 1.30. The number of benzene rings is 1. The smallest absolute Gasteiger partial charge is 0.287 e. The second-order valence-electron chi connectivity index (χ2n) is 5.37. The fourth-order valence-electron chi connectivity index (χ4n) is 2.40. The van der Waals surface area contributed by atoms with Gasteiger partial charge >= 0.3 is 0 Å². The van der Waals surface area contributed by atoms with Crippen LogP contribution < -0.4 is 15.2 Å². The summed E-state index contributed by atoms with van der Waals surface area (Å²) in [5, 5.41) is 8.60. The van der Waals surface area contributed by atoms with Crippen LogP contribution in [0, 0.1) is 6.92 Å². The summed E-state index contributed by atoms with van der Waals surface area (Å²) in [5.74, 6) is 0.516. The van der Waals surface area contributed by atoms with Gasteiger partial charge in [0.15, 0.2) is 5.76 Å². The molecule has 2 heterocycles. The van der Waals surface area contributed by atoms with Crippen LogP contribution >= 0.6 is 11.3 Å². The van der Waals surface area contributed by atoms with E-state index in [0.717, 1.165) is 16.7 Å². The summed E-state index contributed by atoms with van der Waals surface area (Å²) in [4.78, 5) is 13.1. The molecule has 0 bridgehead atoms. The lowest BCUT2D eigenvalue weighted by Crippen LogP contribution is -2.22. The van der Waals surface area contributed by atoms with Gasteiger partial charge in [-0.05, 0) is 37.3 Å². The van der Waals surface area contributed by atoms with Crippen molar-refractivity contribution in [1.29, 1.82) is 0 Å². The Kier molecular flexibility index (Phi) is 4.55. The highest BCUT2D eigenvalue weighted by Crippen LogP contribution is 2.29. The number of aryl methyl sites for hydroxylation is 1. The van der Waals surface area contributed by atoms with E-state index in [1.807, 2.05) is 6.07 Å². The minimum absolute atomic E-state index is 0.0590. The Morgan fingerprint density at radius 1 is 1.32 bits per heavy atom. The number of carbonyl (C=O) groups is 1. The molecule has 3 rings (SSSR count). The van der Waals surface area contributed by atoms with E-state index in [1.54, 1.807) is 32.2 Å². The van der Waals surface area contributed by atoms with Crippen LogP contribution in [0.25, 0.3) is 11.0 Å². The van der Waals surface area contributed by atoms with E-state index >= 15 is 0 Å². The number of amides is 1. The fourth-order valence-corrected chi connectivity index (χ4v) is 4.12. The zero-order valence-corrected chi connectivity index (χ0v) is 15.2. The minimum Gasteiger partial charge on any atom is -0.497 e. The number of furan rings is 1. The number of methoxy groups -OCH3 is 1. The van der Waals surface area contributed by atoms with Crippen molar-refractivity contribution in [1.82, 2.24) is 5.32 Å². The largest absolute Gasteiger partial charge is 0.497 e. The number of nitrogens with one attached hydrogen (secondary N) is 1. The van der Waals surface area contributed by atoms with Crippen LogP contribution in [-0.4, -0.2) is 21.4 Å². The van der Waals surface area contributed by atoms with Gasteiger partial charge in [0.05, 0.1) is 13.7 Å². The van der Waals surface area contributed by atoms with Gasteiger partial charge in [0.2, 0.25) is 10.0 Å². The molecule has 2 aromatic heterocycles. The Hall–Kier alpha value is -2.36. The number of hydrogen-bond acceptors (Lipinski definition) is 6. The number of sulfonamides is 1. The van der Waals surface area contributed by atoms with E-state index in [9.17, 15) is 13.2 Å². The standard InChI is InChI=1S/C16H16N2O5S2/c1-9-12-7-10(22-2)3-5-13(12)23-15(9)16(19)18-8-11-4-6-14(24-11)25(17,20)21/h3-7H,8H2,1-2H3,(H,18,19)(H2,17,20,21). The number of primary sulfonamides is 1. The normalized spacial score (nSPS) is 11.6. The lowest BCUT2D eigenvalue weighted by atomic mass is 10.1. The molecule has 0 unspecified atom stereocenters. The summed E-state index contributed by atoms with van der Waals surface area (Å²) in [6.45, 7) is 1.98. The molecule has 1 aromatic carbocycles. The van der Waals surface area contributed by atoms with Crippen LogP contribution in [0.4, 0.5) is 0 Å². The first-order valence-electron chi connectivity index (χ1n) is 7.26. The quantitative estimate of drug-likeness (QED) is 0.706. The second-order valence-corrected chi connectivity index (χ2v) is 8.32. The van der Waals surface area contributed by atoms with Crippen molar-refractivity contribution in [2.75, 3.05) is 7.11 Å². The maximum absolute atomic E-state index is 12.4. The minimum atomic E-state index is -3.73. The van der Waals surface area contributed by atoms with Crippen molar-refractivity contribution in [2.24, 2.45) is 5.14 Å². The van der Waals surface area contributed by atoms with Crippen LogP contribution in [-0.2, 0) is 16.6 Å². The number of rotatable bonds is 5. The monoisotopic (exact) mass is 380 g/mol. The lowest BCUT2D eigenvalue weighted by Gasteiger charge is -2.01. The fraction of sp³-hybridized carbons (Fsp3) is 0.188. The number of carbonyl (C=O) groups excluding carboxylic acids is 1. The number of fused-ring (bicyclic) bond motifs is 1. The highest BCUT2D eigenvalue weighted by atomic mass is 32.2.